The second-order valence-electron chi connectivity index (χ2n) is 2.65. The van der Waals surface area contributed by atoms with Crippen LogP contribution in [0.15, 0.2) is 12.7 Å². The number of nitrogens with zero attached hydrogens (tertiary/aromatic N) is 1. The average Bonchev–Trinajstić information content (AvgIpc) is 2.21. The molecular weight excluding hydrogens is 186 g/mol. The Morgan fingerprint density at radius 1 is 1.50 bits per heavy atom. The highest BCUT2D eigenvalue weighted by molar-refractivity contribution is 5.67. The molecule has 0 radical (unpaired) electrons. The molecule has 0 aliphatic heterocycles. The topological polar surface area (TPSA) is 48.0 Å². The van der Waals surface area contributed by atoms with E-state index in [0.717, 1.165) is 0 Å². The monoisotopic (exact) mass is 203 g/mol. The minimum Gasteiger partial charge on any atom is -0.445 e. The van der Waals surface area contributed by atoms with Gasteiger partial charge in [-0.3, -0.25) is 0 Å². The van der Waals surface area contributed by atoms with Gasteiger partial charge < -0.3 is 19.1 Å². The zero-order valence-corrected chi connectivity index (χ0v) is 8.86. The predicted octanol–water partition coefficient (Wildman–Crippen LogP) is 0.860. The molecular formula is C9H17NO4. The normalized spacial score (nSPS) is 10.0. The highest BCUT2D eigenvalue weighted by Gasteiger charge is 2.14. The summed E-state index contributed by atoms with van der Waals surface area (Å²) in [5.74, 6) is 0. The van der Waals surface area contributed by atoms with Crippen molar-refractivity contribution in [3.8, 4) is 0 Å². The van der Waals surface area contributed by atoms with Gasteiger partial charge >= 0.3 is 6.09 Å². The molecule has 0 saturated heterocycles. The van der Waals surface area contributed by atoms with Gasteiger partial charge in [-0.25, -0.2) is 4.79 Å². The van der Waals surface area contributed by atoms with Gasteiger partial charge in [-0.1, -0.05) is 12.7 Å². The van der Waals surface area contributed by atoms with E-state index >= 15 is 0 Å². The van der Waals surface area contributed by atoms with Gasteiger partial charge in [0.25, 0.3) is 0 Å². The minimum atomic E-state index is -0.434. The van der Waals surface area contributed by atoms with Gasteiger partial charge in [-0.2, -0.15) is 0 Å². The molecule has 0 N–H and O–H groups in total. The molecule has 0 aromatic heterocycles. The average molecular weight is 203 g/mol. The molecule has 0 unspecified atom stereocenters. The summed E-state index contributed by atoms with van der Waals surface area (Å²) in [5.41, 5.74) is 0. The van der Waals surface area contributed by atoms with Gasteiger partial charge in [0.1, 0.15) is 6.61 Å². The van der Waals surface area contributed by atoms with Crippen LogP contribution in [0.3, 0.4) is 0 Å². The van der Waals surface area contributed by atoms with Crippen LogP contribution in [0.1, 0.15) is 0 Å². The van der Waals surface area contributed by atoms with Gasteiger partial charge in [0.15, 0.2) is 6.29 Å². The van der Waals surface area contributed by atoms with Crippen LogP contribution in [0, 0.1) is 0 Å². The fraction of sp³-hybridized carbons (Fsp3) is 0.667. The van der Waals surface area contributed by atoms with E-state index in [4.69, 9.17) is 14.2 Å². The molecule has 1 amide bonds. The Balaban J connectivity index is 3.86. The van der Waals surface area contributed by atoms with Gasteiger partial charge in [-0.05, 0) is 0 Å². The first-order valence-corrected chi connectivity index (χ1v) is 4.20. The Kier molecular flexibility index (Phi) is 6.78. The Labute approximate surface area is 84.2 Å². The maximum atomic E-state index is 11.2. The van der Waals surface area contributed by atoms with E-state index in [1.54, 1.807) is 7.05 Å². The lowest BCUT2D eigenvalue weighted by Crippen LogP contribution is -2.36. The Morgan fingerprint density at radius 2 is 2.07 bits per heavy atom. The molecule has 82 valence electrons. The van der Waals surface area contributed by atoms with E-state index in [-0.39, 0.29) is 6.61 Å². The number of hydrogen-bond acceptors (Lipinski definition) is 4. The smallest absolute Gasteiger partial charge is 0.409 e. The van der Waals surface area contributed by atoms with E-state index in [1.807, 2.05) is 0 Å². The maximum absolute atomic E-state index is 11.2. The fourth-order valence-electron chi connectivity index (χ4n) is 0.784. The number of amides is 1. The largest absolute Gasteiger partial charge is 0.445 e. The van der Waals surface area contributed by atoms with Gasteiger partial charge in [0, 0.05) is 21.3 Å². The van der Waals surface area contributed by atoms with Crippen molar-refractivity contribution < 1.29 is 19.0 Å². The molecule has 0 aliphatic carbocycles. The lowest BCUT2D eigenvalue weighted by molar-refractivity contribution is -0.111. The molecule has 0 atom stereocenters. The molecule has 0 spiro atoms. The lowest BCUT2D eigenvalue weighted by atomic mass is 10.5. The summed E-state index contributed by atoms with van der Waals surface area (Å²) in [4.78, 5) is 12.6. The predicted molar refractivity (Wildman–Crippen MR) is 52.0 cm³/mol. The molecule has 5 heteroatoms. The van der Waals surface area contributed by atoms with Crippen LogP contribution in [0.5, 0.6) is 0 Å². The van der Waals surface area contributed by atoms with Crippen LogP contribution >= 0.6 is 0 Å². The summed E-state index contributed by atoms with van der Waals surface area (Å²) in [6.07, 6.45) is 0.649. The third-order valence-corrected chi connectivity index (χ3v) is 1.59. The van der Waals surface area contributed by atoms with Crippen LogP contribution in [0.2, 0.25) is 0 Å². The van der Waals surface area contributed by atoms with Crippen molar-refractivity contribution in [3.05, 3.63) is 12.7 Å². The van der Waals surface area contributed by atoms with Crippen molar-refractivity contribution in [2.75, 3.05) is 34.4 Å². The van der Waals surface area contributed by atoms with Crippen LogP contribution < -0.4 is 0 Å². The SMILES string of the molecule is C=CCOC(=O)N(C)CC(OC)OC. The highest BCUT2D eigenvalue weighted by Crippen LogP contribution is 1.97. The summed E-state index contributed by atoms with van der Waals surface area (Å²) in [5, 5.41) is 0. The van der Waals surface area contributed by atoms with Gasteiger partial charge in [0.2, 0.25) is 0 Å². The highest BCUT2D eigenvalue weighted by atomic mass is 16.7. The van der Waals surface area contributed by atoms with E-state index in [1.165, 1.54) is 25.2 Å². The minimum absolute atomic E-state index is 0.202. The van der Waals surface area contributed by atoms with Crippen molar-refractivity contribution in [1.82, 2.24) is 4.90 Å². The lowest BCUT2D eigenvalue weighted by Gasteiger charge is -2.21. The summed E-state index contributed by atoms with van der Waals surface area (Å²) in [6.45, 7) is 3.96. The number of hydrogen-bond donors (Lipinski definition) is 0. The molecule has 0 aromatic rings. The maximum Gasteiger partial charge on any atom is 0.409 e. The number of methoxy groups -OCH3 is 2. The van der Waals surface area contributed by atoms with Crippen molar-refractivity contribution in [2.45, 2.75) is 6.29 Å². The molecule has 0 aliphatic rings. The molecule has 0 aromatic carbocycles. The summed E-state index contributed by atoms with van der Waals surface area (Å²) in [7, 11) is 4.63. The van der Waals surface area contributed by atoms with E-state index in [2.05, 4.69) is 6.58 Å². The van der Waals surface area contributed by atoms with Crippen LogP contribution in [0.4, 0.5) is 4.79 Å². The first-order chi connectivity index (χ1) is 6.65. The first-order valence-electron chi connectivity index (χ1n) is 4.20. The van der Waals surface area contributed by atoms with Crippen LogP contribution in [-0.2, 0) is 14.2 Å². The number of likely N-dealkylation sites (N-methyl/N-ethyl adjacent to an activating group) is 1. The van der Waals surface area contributed by atoms with Crippen LogP contribution in [0.25, 0.3) is 0 Å². The Bertz CT molecular complexity index is 180. The summed E-state index contributed by atoms with van der Waals surface area (Å²) in [6, 6.07) is 0. The van der Waals surface area contributed by atoms with Crippen molar-refractivity contribution in [2.24, 2.45) is 0 Å². The molecule has 0 fully saturated rings. The second-order valence-corrected chi connectivity index (χ2v) is 2.65. The standard InChI is InChI=1S/C9H17NO4/c1-5-6-14-9(11)10(2)7-8(12-3)13-4/h5,8H,1,6-7H2,2-4H3. The molecule has 0 saturated carbocycles. The molecule has 0 heterocycles. The Morgan fingerprint density at radius 3 is 2.50 bits per heavy atom. The van der Waals surface area contributed by atoms with Crippen molar-refractivity contribution in [1.29, 1.82) is 0 Å². The molecule has 0 bridgehead atoms. The first kappa shape index (κ1) is 12.9. The zero-order chi connectivity index (χ0) is 11.0. The fourth-order valence-corrected chi connectivity index (χ4v) is 0.784. The van der Waals surface area contributed by atoms with Gasteiger partial charge in [0.05, 0.1) is 6.54 Å². The second kappa shape index (κ2) is 7.34. The molecule has 5 nitrogen and oxygen atoms in total. The number of carbonyl (C=O) groups excluding carboxylic acids is 1. The summed E-state index contributed by atoms with van der Waals surface area (Å²) >= 11 is 0. The third kappa shape index (κ3) is 4.84. The van der Waals surface area contributed by atoms with Gasteiger partial charge in [-0.15, -0.1) is 0 Å². The number of ether oxygens (including phenoxy) is 3. The molecule has 14 heavy (non-hydrogen) atoms. The van der Waals surface area contributed by atoms with E-state index in [9.17, 15) is 4.79 Å². The van der Waals surface area contributed by atoms with Crippen LogP contribution in [-0.4, -0.2) is 51.7 Å². The van der Waals surface area contributed by atoms with Crippen molar-refractivity contribution in [3.63, 3.8) is 0 Å². The third-order valence-electron chi connectivity index (χ3n) is 1.59. The Hall–Kier alpha value is -1.07. The number of rotatable bonds is 6. The molecule has 0 rings (SSSR count). The van der Waals surface area contributed by atoms with E-state index in [0.29, 0.717) is 6.54 Å². The quantitative estimate of drug-likeness (QED) is 0.474. The zero-order valence-electron chi connectivity index (χ0n) is 8.86. The number of carbonyl (C=O) groups is 1. The van der Waals surface area contributed by atoms with E-state index < -0.39 is 12.4 Å². The summed E-state index contributed by atoms with van der Waals surface area (Å²) < 4.78 is 14.7. The van der Waals surface area contributed by atoms with Crippen molar-refractivity contribution >= 4 is 6.09 Å².